The Bertz CT molecular complexity index is 2530. The van der Waals surface area contributed by atoms with Crippen LogP contribution < -0.4 is 9.47 Å². The van der Waals surface area contributed by atoms with Crippen LogP contribution in [0, 0.1) is 0 Å². The molecule has 55 heavy (non-hydrogen) atoms. The summed E-state index contributed by atoms with van der Waals surface area (Å²) >= 11 is 28.1. The maximum atomic E-state index is 12.1. The molecule has 0 aliphatic carbocycles. The zero-order chi connectivity index (χ0) is 38.6. The van der Waals surface area contributed by atoms with E-state index in [1.54, 1.807) is 39.7 Å². The summed E-state index contributed by atoms with van der Waals surface area (Å²) < 4.78 is 49.0. The SMILES string of the molecule is O=S(=O)(O)c1cc2c(s1)-c1c(c(C(O)CCCCCC(O)c3nn(-c4ccc(Cl)cc4Cl)c4c3CCOc3ccsc3-4)nn1-c1ccc(Cl)cc1Cl)CCO2. The molecule has 0 saturated carbocycles. The Morgan fingerprint density at radius 1 is 0.727 bits per heavy atom. The fraction of sp³-hybridized carbons (Fsp3) is 0.297. The third kappa shape index (κ3) is 7.54. The van der Waals surface area contributed by atoms with Crippen molar-refractivity contribution >= 4 is 79.2 Å². The van der Waals surface area contributed by atoms with Gasteiger partial charge in [-0.05, 0) is 60.7 Å². The van der Waals surface area contributed by atoms with Crippen LogP contribution in [0.3, 0.4) is 0 Å². The van der Waals surface area contributed by atoms with Gasteiger partial charge in [-0.3, -0.25) is 4.55 Å². The van der Waals surface area contributed by atoms with Crippen LogP contribution in [0.5, 0.6) is 11.5 Å². The first-order valence-electron chi connectivity index (χ1n) is 17.3. The molecule has 0 bridgehead atoms. The van der Waals surface area contributed by atoms with Crippen molar-refractivity contribution in [2.24, 2.45) is 0 Å². The highest BCUT2D eigenvalue weighted by Crippen LogP contribution is 2.48. The van der Waals surface area contributed by atoms with Gasteiger partial charge >= 0.3 is 10.1 Å². The molecule has 0 amide bonds. The number of halogens is 4. The molecule has 2 unspecified atom stereocenters. The van der Waals surface area contributed by atoms with Crippen LogP contribution in [-0.4, -0.2) is 56.0 Å². The fourth-order valence-corrected chi connectivity index (χ4v) is 10.8. The number of fused-ring (bicyclic) bond motifs is 6. The molecule has 2 atom stereocenters. The summed E-state index contributed by atoms with van der Waals surface area (Å²) in [4.78, 5) is 1.35. The molecule has 0 fully saturated rings. The van der Waals surface area contributed by atoms with Crippen LogP contribution in [0.2, 0.25) is 20.1 Å². The highest BCUT2D eigenvalue weighted by atomic mass is 35.5. The number of nitrogens with zero attached hydrogens (tertiary/aromatic N) is 4. The molecule has 2 aliphatic heterocycles. The van der Waals surface area contributed by atoms with Crippen molar-refractivity contribution in [3.63, 3.8) is 0 Å². The van der Waals surface area contributed by atoms with Crippen LogP contribution >= 0.6 is 69.1 Å². The van der Waals surface area contributed by atoms with Crippen molar-refractivity contribution < 1.29 is 32.7 Å². The number of rotatable bonds is 11. The lowest BCUT2D eigenvalue weighted by molar-refractivity contribution is 0.148. The lowest BCUT2D eigenvalue weighted by Crippen LogP contribution is -2.07. The average molecular weight is 883 g/mol. The number of benzene rings is 2. The first-order valence-corrected chi connectivity index (χ1v) is 22.0. The monoisotopic (exact) mass is 880 g/mol. The quantitative estimate of drug-likeness (QED) is 0.0854. The van der Waals surface area contributed by atoms with E-state index in [-0.39, 0.29) is 16.6 Å². The average Bonchev–Trinajstić information content (AvgIpc) is 3.89. The van der Waals surface area contributed by atoms with Crippen molar-refractivity contribution in [3.05, 3.63) is 96.5 Å². The number of aromatic nitrogens is 4. The Kier molecular flexibility index (Phi) is 11.0. The molecule has 6 aromatic rings. The smallest absolute Gasteiger partial charge is 0.304 e. The van der Waals surface area contributed by atoms with Gasteiger partial charge in [0.15, 0.2) is 4.21 Å². The van der Waals surface area contributed by atoms with Crippen molar-refractivity contribution in [2.75, 3.05) is 13.2 Å². The first kappa shape index (κ1) is 38.7. The topological polar surface area (TPSA) is 149 Å². The van der Waals surface area contributed by atoms with Crippen molar-refractivity contribution in [1.29, 1.82) is 0 Å². The van der Waals surface area contributed by atoms with E-state index < -0.39 is 22.3 Å². The van der Waals surface area contributed by atoms with Gasteiger partial charge in [0.1, 0.15) is 11.5 Å². The fourth-order valence-electron chi connectivity index (χ4n) is 7.07. The highest BCUT2D eigenvalue weighted by molar-refractivity contribution is 7.88. The van der Waals surface area contributed by atoms with Gasteiger partial charge in [0.2, 0.25) is 0 Å². The maximum Gasteiger partial charge on any atom is 0.304 e. The minimum atomic E-state index is -4.51. The molecule has 288 valence electrons. The molecular weight excluding hydrogens is 850 g/mol. The molecule has 6 heterocycles. The third-order valence-corrected chi connectivity index (χ3v) is 14.0. The van der Waals surface area contributed by atoms with Crippen LogP contribution in [0.4, 0.5) is 0 Å². The van der Waals surface area contributed by atoms with Gasteiger partial charge in [0.25, 0.3) is 0 Å². The molecule has 2 aliphatic rings. The van der Waals surface area contributed by atoms with E-state index in [0.29, 0.717) is 111 Å². The predicted molar refractivity (Wildman–Crippen MR) is 215 cm³/mol. The molecule has 0 saturated heterocycles. The second-order valence-corrected chi connectivity index (χ2v) is 18.5. The van der Waals surface area contributed by atoms with Crippen LogP contribution in [0.15, 0.2) is 58.1 Å². The Hall–Kier alpha value is -3.15. The van der Waals surface area contributed by atoms with E-state index in [1.165, 1.54) is 17.4 Å². The lowest BCUT2D eigenvalue weighted by Gasteiger charge is -2.12. The summed E-state index contributed by atoms with van der Waals surface area (Å²) in [6.45, 7) is 0.641. The van der Waals surface area contributed by atoms with Crippen molar-refractivity contribution in [3.8, 4) is 44.0 Å². The van der Waals surface area contributed by atoms with Crippen LogP contribution in [-0.2, 0) is 23.0 Å². The van der Waals surface area contributed by atoms with Gasteiger partial charge < -0.3 is 19.7 Å². The Morgan fingerprint density at radius 3 is 1.78 bits per heavy atom. The van der Waals surface area contributed by atoms with Gasteiger partial charge in [-0.2, -0.15) is 18.6 Å². The number of hydrogen-bond donors (Lipinski definition) is 3. The van der Waals surface area contributed by atoms with Gasteiger partial charge in [-0.15, -0.1) is 22.7 Å². The summed E-state index contributed by atoms with van der Waals surface area (Å²) in [5, 5.41) is 36.5. The molecule has 0 spiro atoms. The summed E-state index contributed by atoms with van der Waals surface area (Å²) in [6, 6.07) is 13.4. The van der Waals surface area contributed by atoms with E-state index in [0.717, 1.165) is 33.2 Å². The summed E-state index contributed by atoms with van der Waals surface area (Å²) in [7, 11) is -4.51. The Morgan fingerprint density at radius 2 is 1.25 bits per heavy atom. The number of thiophene rings is 2. The predicted octanol–water partition coefficient (Wildman–Crippen LogP) is 9.96. The standard InChI is InChI=1S/C37H32Cl4N4O7S3/c38-19-6-8-25(23(40)16-19)44-34-21(10-13-51-29-12-15-53-36(29)34)32(42-44)27(46)4-2-1-3-5-28(47)33-22-11-14-52-30-18-31(55(48,49)50)54-37(30)35(22)45(43-33)26-9-7-20(39)17-24(26)41/h6-9,12,15-18,27-28,46-47H,1-5,10-11,13-14H2,(H,48,49,50). The summed E-state index contributed by atoms with van der Waals surface area (Å²) in [5.74, 6) is 1.04. The number of aliphatic hydroxyl groups is 2. The van der Waals surface area contributed by atoms with Crippen molar-refractivity contribution in [1.82, 2.24) is 19.6 Å². The van der Waals surface area contributed by atoms with E-state index in [2.05, 4.69) is 0 Å². The number of ether oxygens (including phenoxy) is 2. The number of hydrogen-bond acceptors (Lipinski definition) is 10. The van der Waals surface area contributed by atoms with E-state index in [1.807, 2.05) is 17.5 Å². The number of aliphatic hydroxyl groups excluding tert-OH is 2. The highest BCUT2D eigenvalue weighted by Gasteiger charge is 2.33. The summed E-state index contributed by atoms with van der Waals surface area (Å²) in [6.07, 6.45) is 1.95. The van der Waals surface area contributed by atoms with Gasteiger partial charge in [0.05, 0.1) is 79.4 Å². The third-order valence-electron chi connectivity index (χ3n) is 9.60. The molecule has 11 nitrogen and oxygen atoms in total. The Balaban J connectivity index is 1.01. The Labute approximate surface area is 344 Å². The lowest BCUT2D eigenvalue weighted by atomic mass is 9.99. The molecule has 2 aromatic carbocycles. The normalized spacial score (nSPS) is 14.8. The molecule has 8 rings (SSSR count). The van der Waals surface area contributed by atoms with Gasteiger partial charge in [-0.25, -0.2) is 9.36 Å². The zero-order valence-corrected chi connectivity index (χ0v) is 34.2. The first-order chi connectivity index (χ1) is 26.4. The summed E-state index contributed by atoms with van der Waals surface area (Å²) in [5.41, 5.74) is 5.08. The van der Waals surface area contributed by atoms with Gasteiger partial charge in [-0.1, -0.05) is 65.7 Å². The van der Waals surface area contributed by atoms with E-state index in [9.17, 15) is 23.2 Å². The number of unbranched alkanes of at least 4 members (excludes halogenated alkanes) is 2. The minimum absolute atomic E-state index is 0.197. The van der Waals surface area contributed by atoms with E-state index in [4.69, 9.17) is 66.1 Å². The second kappa shape index (κ2) is 15.7. The van der Waals surface area contributed by atoms with Crippen LogP contribution in [0.25, 0.3) is 32.5 Å². The molecule has 0 radical (unpaired) electrons. The van der Waals surface area contributed by atoms with Crippen LogP contribution in [0.1, 0.15) is 66.8 Å². The minimum Gasteiger partial charge on any atom is -0.492 e. The van der Waals surface area contributed by atoms with E-state index >= 15 is 0 Å². The molecule has 3 N–H and O–H groups in total. The maximum absolute atomic E-state index is 12.1. The second-order valence-electron chi connectivity index (χ2n) is 13.2. The largest absolute Gasteiger partial charge is 0.492 e. The molecule has 4 aromatic heterocycles. The van der Waals surface area contributed by atoms with Crippen molar-refractivity contribution in [2.45, 2.75) is 61.4 Å². The molecule has 18 heteroatoms. The van der Waals surface area contributed by atoms with Gasteiger partial charge in [0, 0.05) is 40.1 Å². The molecular formula is C37H32Cl4N4O7S3. The zero-order valence-electron chi connectivity index (χ0n) is 28.7.